The Labute approximate surface area is 235 Å². The number of aromatic amines is 1. The van der Waals surface area contributed by atoms with Gasteiger partial charge in [-0.15, -0.1) is 0 Å². The van der Waals surface area contributed by atoms with Crippen LogP contribution in [-0.2, 0) is 43.2 Å². The van der Waals surface area contributed by atoms with Crippen LogP contribution in [-0.4, -0.2) is 74.0 Å². The Morgan fingerprint density at radius 3 is 1.71 bits per heavy atom. The molecule has 3 amide bonds. The lowest BCUT2D eigenvalue weighted by molar-refractivity contribution is -0.142. The molecule has 8 N–H and O–H groups in total. The first-order valence-corrected chi connectivity index (χ1v) is 12.8. The minimum absolute atomic E-state index is 0.0147. The fourth-order valence-electron chi connectivity index (χ4n) is 4.04. The quantitative estimate of drug-likeness (QED) is 0.130. The van der Waals surface area contributed by atoms with Gasteiger partial charge in [0.25, 0.3) is 0 Å². The molecule has 2 aromatic carbocycles. The number of rotatable bonds is 15. The molecular weight excluding hydrogens is 532 g/mol. The van der Waals surface area contributed by atoms with Gasteiger partial charge in [0.1, 0.15) is 18.1 Å². The molecule has 0 fully saturated rings. The molecular formula is C28H32N6O7. The molecule has 41 heavy (non-hydrogen) atoms. The highest BCUT2D eigenvalue weighted by Crippen LogP contribution is 2.08. The van der Waals surface area contributed by atoms with Crippen molar-refractivity contribution >= 4 is 29.7 Å². The van der Waals surface area contributed by atoms with Crippen LogP contribution in [0.5, 0.6) is 0 Å². The van der Waals surface area contributed by atoms with E-state index in [-0.39, 0.29) is 19.3 Å². The van der Waals surface area contributed by atoms with Gasteiger partial charge in [0.15, 0.2) is 0 Å². The van der Waals surface area contributed by atoms with E-state index in [0.717, 1.165) is 0 Å². The smallest absolute Gasteiger partial charge is 0.326 e. The van der Waals surface area contributed by atoms with Crippen LogP contribution in [0.4, 0.5) is 0 Å². The third kappa shape index (κ3) is 9.89. The van der Waals surface area contributed by atoms with Crippen molar-refractivity contribution in [2.75, 3.05) is 0 Å². The van der Waals surface area contributed by atoms with E-state index >= 15 is 0 Å². The van der Waals surface area contributed by atoms with Gasteiger partial charge in [-0.2, -0.15) is 0 Å². The predicted molar refractivity (Wildman–Crippen MR) is 146 cm³/mol. The van der Waals surface area contributed by atoms with Crippen LogP contribution in [0.25, 0.3) is 0 Å². The number of nitrogens with two attached hydrogens (primary N) is 1. The van der Waals surface area contributed by atoms with Gasteiger partial charge >= 0.3 is 11.9 Å². The average Bonchev–Trinajstić information content (AvgIpc) is 3.45. The van der Waals surface area contributed by atoms with Crippen molar-refractivity contribution in [2.45, 2.75) is 49.9 Å². The summed E-state index contributed by atoms with van der Waals surface area (Å²) in [6.07, 6.45) is 2.18. The number of imidazole rings is 1. The number of carbonyl (C=O) groups excluding carboxylic acids is 3. The standard InChI is InChI=1S/C28H32N6O7/c29-20(14-24(35)36)25(37)32-21(11-17-7-3-1-4-8-17)26(38)33-22(13-19-15-30-16-31-19)27(39)34-23(28(40)41)12-18-9-5-2-6-10-18/h1-10,15-16,20-23H,11-14,29H2,(H,30,31)(H,32,37)(H,33,38)(H,34,39)(H,35,36)(H,40,41)/t20-,21-,22-,23-/m0/s1. The summed E-state index contributed by atoms with van der Waals surface area (Å²) >= 11 is 0. The average molecular weight is 565 g/mol. The molecule has 1 aromatic heterocycles. The zero-order chi connectivity index (χ0) is 29.8. The van der Waals surface area contributed by atoms with Crippen molar-refractivity contribution in [1.82, 2.24) is 25.9 Å². The van der Waals surface area contributed by atoms with E-state index in [9.17, 15) is 29.1 Å². The van der Waals surface area contributed by atoms with E-state index in [1.54, 1.807) is 60.7 Å². The summed E-state index contributed by atoms with van der Waals surface area (Å²) < 4.78 is 0. The Kier molecular flexibility index (Phi) is 11.1. The summed E-state index contributed by atoms with van der Waals surface area (Å²) in [4.78, 5) is 69.2. The number of nitrogens with one attached hydrogen (secondary N) is 4. The molecule has 0 spiro atoms. The fourth-order valence-corrected chi connectivity index (χ4v) is 4.04. The van der Waals surface area contributed by atoms with E-state index in [1.165, 1.54) is 12.5 Å². The largest absolute Gasteiger partial charge is 0.481 e. The Morgan fingerprint density at radius 1 is 0.732 bits per heavy atom. The van der Waals surface area contributed by atoms with Crippen molar-refractivity contribution in [3.63, 3.8) is 0 Å². The number of carbonyl (C=O) groups is 5. The second kappa shape index (κ2) is 14.9. The SMILES string of the molecule is N[C@@H](CC(=O)O)C(=O)N[C@@H](Cc1ccccc1)C(=O)N[C@@H](Cc1cnc[nH]1)C(=O)N[C@@H](Cc1ccccc1)C(=O)O. The topological polar surface area (TPSA) is 217 Å². The third-order valence-corrected chi connectivity index (χ3v) is 6.16. The van der Waals surface area contributed by atoms with Gasteiger partial charge in [-0.05, 0) is 11.1 Å². The van der Waals surface area contributed by atoms with E-state index in [2.05, 4.69) is 25.9 Å². The van der Waals surface area contributed by atoms with Gasteiger partial charge < -0.3 is 36.9 Å². The van der Waals surface area contributed by atoms with Gasteiger partial charge in [0.05, 0.1) is 18.8 Å². The maximum absolute atomic E-state index is 13.5. The Morgan fingerprint density at radius 2 is 1.22 bits per heavy atom. The molecule has 0 saturated carbocycles. The first-order valence-electron chi connectivity index (χ1n) is 12.8. The number of hydrogen-bond acceptors (Lipinski definition) is 7. The number of benzene rings is 2. The number of aromatic nitrogens is 2. The second-order valence-corrected chi connectivity index (χ2v) is 9.39. The van der Waals surface area contributed by atoms with Crippen molar-refractivity contribution in [3.8, 4) is 0 Å². The Bertz CT molecular complexity index is 1320. The maximum Gasteiger partial charge on any atom is 0.326 e. The lowest BCUT2D eigenvalue weighted by atomic mass is 10.0. The number of hydrogen-bond donors (Lipinski definition) is 7. The summed E-state index contributed by atoms with van der Waals surface area (Å²) in [7, 11) is 0. The van der Waals surface area contributed by atoms with Crippen LogP contribution in [0.15, 0.2) is 73.2 Å². The number of amides is 3. The highest BCUT2D eigenvalue weighted by molar-refractivity contribution is 5.95. The molecule has 4 atom stereocenters. The van der Waals surface area contributed by atoms with E-state index in [4.69, 9.17) is 10.8 Å². The minimum Gasteiger partial charge on any atom is -0.481 e. The molecule has 0 saturated heterocycles. The van der Waals surface area contributed by atoms with Crippen LogP contribution in [0, 0.1) is 0 Å². The normalized spacial score (nSPS) is 13.7. The third-order valence-electron chi connectivity index (χ3n) is 6.16. The molecule has 0 aliphatic rings. The summed E-state index contributed by atoms with van der Waals surface area (Å²) in [5.41, 5.74) is 7.56. The zero-order valence-electron chi connectivity index (χ0n) is 22.0. The summed E-state index contributed by atoms with van der Waals surface area (Å²) in [6.45, 7) is 0. The van der Waals surface area contributed by atoms with Crippen LogP contribution in [0.2, 0.25) is 0 Å². The number of carboxylic acids is 2. The highest BCUT2D eigenvalue weighted by Gasteiger charge is 2.31. The number of H-pyrrole nitrogens is 1. The Balaban J connectivity index is 1.81. The molecule has 0 unspecified atom stereocenters. The predicted octanol–water partition coefficient (Wildman–Crippen LogP) is -0.221. The maximum atomic E-state index is 13.5. The summed E-state index contributed by atoms with van der Waals surface area (Å²) in [5, 5.41) is 26.3. The number of nitrogens with zero attached hydrogens (tertiary/aromatic N) is 1. The molecule has 3 rings (SSSR count). The molecule has 0 bridgehead atoms. The fraction of sp³-hybridized carbons (Fsp3) is 0.286. The van der Waals surface area contributed by atoms with Gasteiger partial charge in [-0.25, -0.2) is 9.78 Å². The van der Waals surface area contributed by atoms with Gasteiger partial charge in [0, 0.05) is 31.2 Å². The van der Waals surface area contributed by atoms with Crippen molar-refractivity contribution < 1.29 is 34.2 Å². The molecule has 13 nitrogen and oxygen atoms in total. The van der Waals surface area contributed by atoms with Crippen LogP contribution < -0.4 is 21.7 Å². The number of aliphatic carboxylic acids is 2. The van der Waals surface area contributed by atoms with E-state index in [0.29, 0.717) is 16.8 Å². The molecule has 0 radical (unpaired) electrons. The first-order chi connectivity index (χ1) is 19.6. The van der Waals surface area contributed by atoms with E-state index in [1.807, 2.05) is 0 Å². The van der Waals surface area contributed by atoms with Gasteiger partial charge in [0.2, 0.25) is 17.7 Å². The molecule has 0 aliphatic carbocycles. The minimum atomic E-state index is -1.41. The monoisotopic (exact) mass is 564 g/mol. The molecule has 13 heteroatoms. The van der Waals surface area contributed by atoms with Gasteiger partial charge in [-0.1, -0.05) is 60.7 Å². The van der Waals surface area contributed by atoms with Crippen LogP contribution in [0.3, 0.4) is 0 Å². The first kappa shape index (κ1) is 30.5. The van der Waals surface area contributed by atoms with Crippen LogP contribution in [0.1, 0.15) is 23.2 Å². The molecule has 216 valence electrons. The highest BCUT2D eigenvalue weighted by atomic mass is 16.4. The molecule has 0 aliphatic heterocycles. The second-order valence-electron chi connectivity index (χ2n) is 9.39. The summed E-state index contributed by atoms with van der Waals surface area (Å²) in [6, 6.07) is 12.3. The molecule has 3 aromatic rings. The summed E-state index contributed by atoms with van der Waals surface area (Å²) in [5.74, 6) is -4.90. The zero-order valence-corrected chi connectivity index (χ0v) is 22.0. The molecule has 1 heterocycles. The van der Waals surface area contributed by atoms with E-state index < -0.39 is 60.2 Å². The van der Waals surface area contributed by atoms with Crippen LogP contribution >= 0.6 is 0 Å². The van der Waals surface area contributed by atoms with Crippen molar-refractivity contribution in [3.05, 3.63) is 90.0 Å². The Hall–Kier alpha value is -5.04. The van der Waals surface area contributed by atoms with Gasteiger partial charge in [-0.3, -0.25) is 19.2 Å². The lowest BCUT2D eigenvalue weighted by Gasteiger charge is -2.25. The van der Waals surface area contributed by atoms with Crippen molar-refractivity contribution in [2.24, 2.45) is 5.73 Å². The lowest BCUT2D eigenvalue weighted by Crippen LogP contribution is -2.58. The number of carboxylic acid groups (broad SMARTS) is 2. The van der Waals surface area contributed by atoms with Crippen molar-refractivity contribution in [1.29, 1.82) is 0 Å².